The standard InChI is InChI=1S/C17H10Cl2N2O3S2/c1-9-6-15-14(7-13(9)19)25-17(21-26(15,23)24)12(8-20)16(22)10-2-4-11(18)5-3-10/h2-7,21H,1H3/b17-12+. The number of rotatable bonds is 2. The first kappa shape index (κ1) is 18.8. The molecule has 0 radical (unpaired) electrons. The van der Waals surface area contributed by atoms with E-state index in [9.17, 15) is 18.5 Å². The number of hydrogen-bond donors (Lipinski definition) is 1. The van der Waals surface area contributed by atoms with E-state index < -0.39 is 15.8 Å². The molecule has 0 fully saturated rings. The Labute approximate surface area is 164 Å². The van der Waals surface area contributed by atoms with Gasteiger partial charge in [-0.3, -0.25) is 9.52 Å². The Balaban J connectivity index is 2.12. The van der Waals surface area contributed by atoms with Gasteiger partial charge in [-0.05, 0) is 48.9 Å². The van der Waals surface area contributed by atoms with Crippen LogP contribution in [0.4, 0.5) is 0 Å². The molecular weight excluding hydrogens is 415 g/mol. The molecule has 0 spiro atoms. The van der Waals surface area contributed by atoms with Crippen LogP contribution in [0.15, 0.2) is 56.8 Å². The Morgan fingerprint density at radius 2 is 1.85 bits per heavy atom. The van der Waals surface area contributed by atoms with E-state index in [-0.39, 0.29) is 21.1 Å². The number of carbonyl (C=O) groups excluding carboxylic acids is 1. The monoisotopic (exact) mass is 424 g/mol. The number of allylic oxidation sites excluding steroid dienone is 1. The van der Waals surface area contributed by atoms with Crippen LogP contribution in [0.25, 0.3) is 0 Å². The highest BCUT2D eigenvalue weighted by Crippen LogP contribution is 2.40. The normalized spacial score (nSPS) is 16.8. The lowest BCUT2D eigenvalue weighted by Crippen LogP contribution is -2.28. The minimum absolute atomic E-state index is 0.0557. The Kier molecular flexibility index (Phi) is 5.04. The highest BCUT2D eigenvalue weighted by molar-refractivity contribution is 8.05. The van der Waals surface area contributed by atoms with E-state index in [2.05, 4.69) is 4.72 Å². The number of benzene rings is 2. The van der Waals surface area contributed by atoms with Crippen molar-refractivity contribution in [2.45, 2.75) is 16.7 Å². The molecule has 0 bridgehead atoms. The van der Waals surface area contributed by atoms with Crippen LogP contribution in [0.2, 0.25) is 10.0 Å². The fraction of sp³-hybridized carbons (Fsp3) is 0.0588. The zero-order chi connectivity index (χ0) is 19.1. The number of carbonyl (C=O) groups is 1. The number of aryl methyl sites for hydroxylation is 1. The summed E-state index contributed by atoms with van der Waals surface area (Å²) in [6, 6.07) is 10.7. The van der Waals surface area contributed by atoms with E-state index in [1.54, 1.807) is 13.0 Å². The van der Waals surface area contributed by atoms with Crippen molar-refractivity contribution in [2.24, 2.45) is 0 Å². The van der Waals surface area contributed by atoms with Crippen molar-refractivity contribution in [3.8, 4) is 6.07 Å². The molecule has 5 nitrogen and oxygen atoms in total. The second kappa shape index (κ2) is 6.97. The molecular formula is C17H10Cl2N2O3S2. The third kappa shape index (κ3) is 3.46. The van der Waals surface area contributed by atoms with Crippen LogP contribution < -0.4 is 4.72 Å². The van der Waals surface area contributed by atoms with Crippen molar-refractivity contribution in [3.05, 3.63) is 68.2 Å². The Hall–Kier alpha value is -1.98. The van der Waals surface area contributed by atoms with Gasteiger partial charge in [0.1, 0.15) is 21.6 Å². The highest BCUT2D eigenvalue weighted by Gasteiger charge is 2.31. The lowest BCUT2D eigenvalue weighted by atomic mass is 10.1. The first-order chi connectivity index (χ1) is 12.2. The smallest absolute Gasteiger partial charge is 0.263 e. The molecule has 1 heterocycles. The Morgan fingerprint density at radius 1 is 1.19 bits per heavy atom. The minimum atomic E-state index is -3.92. The molecule has 26 heavy (non-hydrogen) atoms. The molecule has 0 aliphatic carbocycles. The number of fused-ring (bicyclic) bond motifs is 1. The van der Waals surface area contributed by atoms with Crippen molar-refractivity contribution >= 4 is 50.8 Å². The molecule has 2 aromatic rings. The summed E-state index contributed by atoms with van der Waals surface area (Å²) < 4.78 is 27.4. The number of nitrogens with zero attached hydrogens (tertiary/aromatic N) is 1. The average molecular weight is 425 g/mol. The zero-order valence-electron chi connectivity index (χ0n) is 13.2. The predicted octanol–water partition coefficient (Wildman–Crippen LogP) is 4.30. The SMILES string of the molecule is Cc1cc2c(cc1Cl)S/C(=C(\C#N)C(=O)c1ccc(Cl)cc1)NS2(=O)=O. The number of nitriles is 1. The number of ketones is 1. The van der Waals surface area contributed by atoms with Crippen LogP contribution in [0.1, 0.15) is 15.9 Å². The van der Waals surface area contributed by atoms with E-state index in [1.165, 1.54) is 36.4 Å². The number of halogens is 2. The summed E-state index contributed by atoms with van der Waals surface area (Å²) in [5, 5.41) is 10.2. The zero-order valence-corrected chi connectivity index (χ0v) is 16.4. The van der Waals surface area contributed by atoms with Crippen LogP contribution in [0, 0.1) is 18.3 Å². The van der Waals surface area contributed by atoms with Gasteiger partial charge in [0.15, 0.2) is 0 Å². The topological polar surface area (TPSA) is 87.0 Å². The predicted molar refractivity (Wildman–Crippen MR) is 101 cm³/mol. The van der Waals surface area contributed by atoms with Gasteiger partial charge in [-0.25, -0.2) is 8.42 Å². The number of hydrogen-bond acceptors (Lipinski definition) is 5. The van der Waals surface area contributed by atoms with Crippen molar-refractivity contribution in [1.82, 2.24) is 4.72 Å². The van der Waals surface area contributed by atoms with E-state index in [0.29, 0.717) is 20.5 Å². The molecule has 0 atom stereocenters. The quantitative estimate of drug-likeness (QED) is 0.440. The van der Waals surface area contributed by atoms with Crippen molar-refractivity contribution < 1.29 is 13.2 Å². The van der Waals surface area contributed by atoms with Gasteiger partial charge in [0.25, 0.3) is 10.0 Å². The molecule has 3 rings (SSSR count). The summed E-state index contributed by atoms with van der Waals surface area (Å²) in [5.41, 5.74) is 0.538. The van der Waals surface area contributed by atoms with E-state index in [0.717, 1.165) is 11.8 Å². The second-order valence-corrected chi connectivity index (χ2v) is 8.95. The van der Waals surface area contributed by atoms with Crippen LogP contribution >= 0.6 is 35.0 Å². The molecule has 2 aromatic carbocycles. The summed E-state index contributed by atoms with van der Waals surface area (Å²) >= 11 is 12.9. The lowest BCUT2D eigenvalue weighted by Gasteiger charge is -2.21. The van der Waals surface area contributed by atoms with Gasteiger partial charge in [-0.15, -0.1) is 0 Å². The molecule has 132 valence electrons. The maximum absolute atomic E-state index is 12.6. The molecule has 0 unspecified atom stereocenters. The average Bonchev–Trinajstić information content (AvgIpc) is 2.57. The Morgan fingerprint density at radius 3 is 2.46 bits per heavy atom. The maximum atomic E-state index is 12.6. The minimum Gasteiger partial charge on any atom is -0.288 e. The third-order valence-corrected chi connectivity index (χ3v) is 7.00. The van der Waals surface area contributed by atoms with Crippen molar-refractivity contribution in [3.63, 3.8) is 0 Å². The van der Waals surface area contributed by atoms with Gasteiger partial charge in [0.05, 0.1) is 0 Å². The maximum Gasteiger partial charge on any atom is 0.263 e. The van der Waals surface area contributed by atoms with Gasteiger partial charge >= 0.3 is 0 Å². The molecule has 1 aliphatic rings. The fourth-order valence-electron chi connectivity index (χ4n) is 2.29. The van der Waals surface area contributed by atoms with Gasteiger partial charge in [-0.1, -0.05) is 35.0 Å². The molecule has 0 saturated carbocycles. The van der Waals surface area contributed by atoms with Gasteiger partial charge in [0.2, 0.25) is 5.78 Å². The molecule has 0 saturated heterocycles. The van der Waals surface area contributed by atoms with Crippen molar-refractivity contribution in [2.75, 3.05) is 0 Å². The van der Waals surface area contributed by atoms with Crippen LogP contribution in [-0.4, -0.2) is 14.2 Å². The first-order valence-corrected chi connectivity index (χ1v) is 10.2. The molecule has 9 heteroatoms. The van der Waals surface area contributed by atoms with Gasteiger partial charge < -0.3 is 0 Å². The molecule has 0 aromatic heterocycles. The van der Waals surface area contributed by atoms with E-state index >= 15 is 0 Å². The molecule has 1 N–H and O–H groups in total. The number of nitrogens with one attached hydrogen (secondary N) is 1. The number of thioether (sulfide) groups is 1. The molecule has 0 amide bonds. The highest BCUT2D eigenvalue weighted by atomic mass is 35.5. The van der Waals surface area contributed by atoms with Gasteiger partial charge in [-0.2, -0.15) is 5.26 Å². The van der Waals surface area contributed by atoms with Crippen LogP contribution in [-0.2, 0) is 10.0 Å². The third-order valence-electron chi connectivity index (χ3n) is 3.63. The summed E-state index contributed by atoms with van der Waals surface area (Å²) in [5.74, 6) is -0.601. The summed E-state index contributed by atoms with van der Waals surface area (Å²) in [4.78, 5) is 13.0. The Bertz CT molecular complexity index is 1100. The second-order valence-electron chi connectivity index (χ2n) is 5.41. The first-order valence-electron chi connectivity index (χ1n) is 7.18. The van der Waals surface area contributed by atoms with Crippen molar-refractivity contribution in [1.29, 1.82) is 5.26 Å². The van der Waals surface area contributed by atoms with Crippen LogP contribution in [0.5, 0.6) is 0 Å². The largest absolute Gasteiger partial charge is 0.288 e. The lowest BCUT2D eigenvalue weighted by molar-refractivity contribution is 0.103. The van der Waals surface area contributed by atoms with E-state index in [1.807, 2.05) is 0 Å². The van der Waals surface area contributed by atoms with E-state index in [4.69, 9.17) is 23.2 Å². The number of Topliss-reactive ketones (excluding diaryl/α,β-unsaturated/α-hetero) is 1. The summed E-state index contributed by atoms with van der Waals surface area (Å²) in [6.45, 7) is 1.69. The fourth-order valence-corrected chi connectivity index (χ4v) is 5.50. The summed E-state index contributed by atoms with van der Waals surface area (Å²) in [6.07, 6.45) is 0. The molecule has 1 aliphatic heterocycles. The van der Waals surface area contributed by atoms with Gasteiger partial charge in [0, 0.05) is 20.5 Å². The van der Waals surface area contributed by atoms with Crippen LogP contribution in [0.3, 0.4) is 0 Å². The number of sulfonamides is 1. The summed E-state index contributed by atoms with van der Waals surface area (Å²) in [7, 11) is -3.92.